The molecular formula is C17H21N3O4. The van der Waals surface area contributed by atoms with Crippen molar-refractivity contribution in [2.75, 3.05) is 45.4 Å². The third-order valence-electron chi connectivity index (χ3n) is 3.88. The van der Waals surface area contributed by atoms with Gasteiger partial charge in [-0.1, -0.05) is 6.58 Å². The molecular weight excluding hydrogens is 310 g/mol. The summed E-state index contributed by atoms with van der Waals surface area (Å²) in [6.45, 7) is 4.67. The highest BCUT2D eigenvalue weighted by molar-refractivity contribution is 6.01. The lowest BCUT2D eigenvalue weighted by molar-refractivity contribution is -0.127. The summed E-state index contributed by atoms with van der Waals surface area (Å²) < 4.78 is 4.96. The van der Waals surface area contributed by atoms with Crippen molar-refractivity contribution in [1.82, 2.24) is 9.80 Å². The average molecular weight is 331 g/mol. The maximum Gasteiger partial charge on any atom is 0.255 e. The van der Waals surface area contributed by atoms with Crippen molar-refractivity contribution in [3.05, 3.63) is 42.5 Å². The number of carbonyl (C=O) groups is 3. The number of anilines is 1. The van der Waals surface area contributed by atoms with E-state index in [1.54, 1.807) is 43.3 Å². The summed E-state index contributed by atoms with van der Waals surface area (Å²) in [6, 6.07) is 6.67. The van der Waals surface area contributed by atoms with Crippen LogP contribution in [0.5, 0.6) is 0 Å². The molecule has 7 heteroatoms. The molecule has 0 N–H and O–H groups in total. The Labute approximate surface area is 141 Å². The SMILES string of the molecule is C=CC(=O)N(C)c1ccc(C(=O)N2CC(=O)N(CCOC)C2)cc1. The third-order valence-corrected chi connectivity index (χ3v) is 3.88. The van der Waals surface area contributed by atoms with Gasteiger partial charge >= 0.3 is 0 Å². The zero-order chi connectivity index (χ0) is 17.7. The van der Waals surface area contributed by atoms with E-state index in [0.717, 1.165) is 0 Å². The number of ether oxygens (including phenoxy) is 1. The number of carbonyl (C=O) groups excluding carboxylic acids is 3. The van der Waals surface area contributed by atoms with Crippen LogP contribution in [-0.2, 0) is 14.3 Å². The largest absolute Gasteiger partial charge is 0.383 e. The molecule has 0 atom stereocenters. The van der Waals surface area contributed by atoms with Crippen LogP contribution in [0.15, 0.2) is 36.9 Å². The predicted octanol–water partition coefficient (Wildman–Crippen LogP) is 0.724. The molecule has 0 saturated carbocycles. The highest BCUT2D eigenvalue weighted by Crippen LogP contribution is 2.17. The molecule has 2 rings (SSSR count). The van der Waals surface area contributed by atoms with Gasteiger partial charge in [0.15, 0.2) is 0 Å². The molecule has 1 aliphatic rings. The minimum absolute atomic E-state index is 0.0686. The van der Waals surface area contributed by atoms with Gasteiger partial charge in [-0.3, -0.25) is 14.4 Å². The van der Waals surface area contributed by atoms with Crippen molar-refractivity contribution in [3.8, 4) is 0 Å². The van der Waals surface area contributed by atoms with Crippen LogP contribution in [-0.4, -0.2) is 68.0 Å². The van der Waals surface area contributed by atoms with E-state index in [1.165, 1.54) is 15.9 Å². The summed E-state index contributed by atoms with van der Waals surface area (Å²) in [4.78, 5) is 40.5. The minimum atomic E-state index is -0.229. The quantitative estimate of drug-likeness (QED) is 0.721. The lowest BCUT2D eigenvalue weighted by atomic mass is 10.1. The molecule has 1 saturated heterocycles. The molecule has 1 heterocycles. The number of nitrogens with zero attached hydrogens (tertiary/aromatic N) is 3. The highest BCUT2D eigenvalue weighted by atomic mass is 16.5. The van der Waals surface area contributed by atoms with Crippen LogP contribution in [0.1, 0.15) is 10.4 Å². The normalized spacial score (nSPS) is 14.0. The lowest BCUT2D eigenvalue weighted by Crippen LogP contribution is -2.32. The van der Waals surface area contributed by atoms with Crippen LogP contribution in [0.25, 0.3) is 0 Å². The van der Waals surface area contributed by atoms with Gasteiger partial charge in [-0.15, -0.1) is 0 Å². The van der Waals surface area contributed by atoms with E-state index in [9.17, 15) is 14.4 Å². The fraction of sp³-hybridized carbons (Fsp3) is 0.353. The molecule has 1 aromatic rings. The fourth-order valence-corrected chi connectivity index (χ4v) is 2.41. The van der Waals surface area contributed by atoms with Crippen LogP contribution in [0.2, 0.25) is 0 Å². The number of hydrogen-bond acceptors (Lipinski definition) is 4. The van der Waals surface area contributed by atoms with Crippen molar-refractivity contribution in [2.45, 2.75) is 0 Å². The van der Waals surface area contributed by atoms with Crippen molar-refractivity contribution in [2.24, 2.45) is 0 Å². The Bertz CT molecular complexity index is 642. The minimum Gasteiger partial charge on any atom is -0.383 e. The monoisotopic (exact) mass is 331 g/mol. The van der Waals surface area contributed by atoms with Gasteiger partial charge in [0.1, 0.15) is 6.54 Å². The van der Waals surface area contributed by atoms with E-state index in [0.29, 0.717) is 24.4 Å². The Morgan fingerprint density at radius 1 is 1.33 bits per heavy atom. The zero-order valence-electron chi connectivity index (χ0n) is 13.9. The van der Waals surface area contributed by atoms with Crippen molar-refractivity contribution in [1.29, 1.82) is 0 Å². The topological polar surface area (TPSA) is 70.2 Å². The third kappa shape index (κ3) is 3.80. The maximum atomic E-state index is 12.5. The molecule has 24 heavy (non-hydrogen) atoms. The predicted molar refractivity (Wildman–Crippen MR) is 89.5 cm³/mol. The first-order valence-electron chi connectivity index (χ1n) is 7.54. The average Bonchev–Trinajstić information content (AvgIpc) is 2.98. The Morgan fingerprint density at radius 3 is 2.58 bits per heavy atom. The number of hydrogen-bond donors (Lipinski definition) is 0. The summed E-state index contributed by atoms with van der Waals surface area (Å²) in [5.74, 6) is -0.533. The maximum absolute atomic E-state index is 12.5. The summed E-state index contributed by atoms with van der Waals surface area (Å²) in [5, 5.41) is 0. The molecule has 0 spiro atoms. The van der Waals surface area contributed by atoms with Gasteiger partial charge < -0.3 is 19.4 Å². The van der Waals surface area contributed by atoms with Gasteiger partial charge in [-0.2, -0.15) is 0 Å². The molecule has 1 aliphatic heterocycles. The van der Waals surface area contributed by atoms with E-state index in [1.807, 2.05) is 0 Å². The lowest BCUT2D eigenvalue weighted by Gasteiger charge is -2.19. The Hall–Kier alpha value is -2.67. The molecule has 3 amide bonds. The van der Waals surface area contributed by atoms with Crippen molar-refractivity contribution >= 4 is 23.4 Å². The molecule has 1 aromatic carbocycles. The first-order chi connectivity index (χ1) is 11.5. The van der Waals surface area contributed by atoms with Gasteiger partial charge in [0.25, 0.3) is 5.91 Å². The summed E-state index contributed by atoms with van der Waals surface area (Å²) in [5.41, 5.74) is 1.13. The zero-order valence-corrected chi connectivity index (χ0v) is 13.9. The Morgan fingerprint density at radius 2 is 2.00 bits per heavy atom. The number of methoxy groups -OCH3 is 1. The number of benzene rings is 1. The number of rotatable bonds is 6. The van der Waals surface area contributed by atoms with Crippen LogP contribution in [0.4, 0.5) is 5.69 Å². The molecule has 0 aromatic heterocycles. The summed E-state index contributed by atoms with van der Waals surface area (Å²) >= 11 is 0. The molecule has 0 aliphatic carbocycles. The molecule has 0 radical (unpaired) electrons. The van der Waals surface area contributed by atoms with E-state index < -0.39 is 0 Å². The van der Waals surface area contributed by atoms with Gasteiger partial charge in [0, 0.05) is 32.0 Å². The molecule has 0 unspecified atom stereocenters. The second-order valence-corrected chi connectivity index (χ2v) is 5.44. The Kier molecular flexibility index (Phi) is 5.70. The van der Waals surface area contributed by atoms with Gasteiger partial charge in [-0.05, 0) is 30.3 Å². The van der Waals surface area contributed by atoms with Crippen molar-refractivity contribution < 1.29 is 19.1 Å². The van der Waals surface area contributed by atoms with Crippen LogP contribution in [0, 0.1) is 0 Å². The van der Waals surface area contributed by atoms with Crippen molar-refractivity contribution in [3.63, 3.8) is 0 Å². The van der Waals surface area contributed by atoms with E-state index in [2.05, 4.69) is 6.58 Å². The standard InChI is InChI=1S/C17H21N3O4/c1-4-15(21)18(2)14-7-5-13(6-8-14)17(23)20-11-16(22)19(12-20)9-10-24-3/h4-8H,1,9-12H2,2-3H3. The first-order valence-corrected chi connectivity index (χ1v) is 7.54. The smallest absolute Gasteiger partial charge is 0.255 e. The molecule has 7 nitrogen and oxygen atoms in total. The van der Waals surface area contributed by atoms with Gasteiger partial charge in [0.2, 0.25) is 11.8 Å². The summed E-state index contributed by atoms with van der Waals surface area (Å²) in [6.07, 6.45) is 1.23. The second kappa shape index (κ2) is 7.74. The number of likely N-dealkylation sites (N-methyl/N-ethyl adjacent to an activating group) is 1. The fourth-order valence-electron chi connectivity index (χ4n) is 2.41. The van der Waals surface area contributed by atoms with E-state index >= 15 is 0 Å². The van der Waals surface area contributed by atoms with Gasteiger partial charge in [-0.25, -0.2) is 0 Å². The van der Waals surface area contributed by atoms with Crippen LogP contribution >= 0.6 is 0 Å². The number of amides is 3. The highest BCUT2D eigenvalue weighted by Gasteiger charge is 2.30. The van der Waals surface area contributed by atoms with E-state index in [-0.39, 0.29) is 30.9 Å². The first kappa shape index (κ1) is 17.7. The van der Waals surface area contributed by atoms with Crippen LogP contribution in [0.3, 0.4) is 0 Å². The molecule has 1 fully saturated rings. The van der Waals surface area contributed by atoms with Crippen LogP contribution < -0.4 is 4.90 Å². The summed E-state index contributed by atoms with van der Waals surface area (Å²) in [7, 11) is 3.20. The van der Waals surface area contributed by atoms with E-state index in [4.69, 9.17) is 4.74 Å². The second-order valence-electron chi connectivity index (χ2n) is 5.44. The molecule has 128 valence electrons. The van der Waals surface area contributed by atoms with Gasteiger partial charge in [0.05, 0.1) is 13.3 Å². The Balaban J connectivity index is 2.04. The molecule has 0 bridgehead atoms.